The van der Waals surface area contributed by atoms with Gasteiger partial charge in [0, 0.05) is 45.6 Å². The minimum absolute atomic E-state index is 0.108. The van der Waals surface area contributed by atoms with E-state index in [4.69, 9.17) is 33.5 Å². The van der Waals surface area contributed by atoms with Crippen LogP contribution in [-0.2, 0) is 0 Å². The van der Waals surface area contributed by atoms with Crippen molar-refractivity contribution in [2.24, 2.45) is 0 Å². The summed E-state index contributed by atoms with van der Waals surface area (Å²) in [5, 5.41) is 4.93. The fourth-order valence-electron chi connectivity index (χ4n) is 5.13. The lowest BCUT2D eigenvalue weighted by molar-refractivity contribution is 0.415. The smallest absolute Gasteiger partial charge is 0.174 e. The van der Waals surface area contributed by atoms with Crippen LogP contribution in [0.2, 0.25) is 5.02 Å². The predicted molar refractivity (Wildman–Crippen MR) is 146 cm³/mol. The molecule has 1 aliphatic rings. The highest BCUT2D eigenvalue weighted by Crippen LogP contribution is 2.45. The zero-order valence-electron chi connectivity index (χ0n) is 20.1. The maximum Gasteiger partial charge on any atom is 0.174 e. The van der Waals surface area contributed by atoms with Crippen LogP contribution in [0.1, 0.15) is 40.3 Å². The number of nitrogens with zero attached hydrogens (tertiary/aromatic N) is 3. The zero-order valence-corrected chi connectivity index (χ0v) is 21.7. The number of hydrogen-bond acceptors (Lipinski definition) is 3. The van der Waals surface area contributed by atoms with Crippen LogP contribution < -0.4 is 15.0 Å². The summed E-state index contributed by atoms with van der Waals surface area (Å²) in [6, 6.07) is 21.7. The Kier molecular flexibility index (Phi) is 6.26. The Morgan fingerprint density at radius 2 is 1.71 bits per heavy atom. The largest absolute Gasteiger partial charge is 0.497 e. The first kappa shape index (κ1) is 23.4. The van der Waals surface area contributed by atoms with Crippen molar-refractivity contribution in [1.82, 2.24) is 14.9 Å². The van der Waals surface area contributed by atoms with Crippen LogP contribution in [0.25, 0.3) is 5.69 Å². The van der Waals surface area contributed by atoms with Crippen LogP contribution in [0, 0.1) is 20.8 Å². The molecule has 2 aromatic heterocycles. The number of anilines is 1. The molecule has 0 amide bonds. The van der Waals surface area contributed by atoms with Crippen molar-refractivity contribution in [2.45, 2.75) is 32.9 Å². The SMILES string of the molecule is COc1cccc(N2C(=S)N[C@@H](c3ccccn3)[C@H]2c2c(C)c(C)n(-c3cccc(Cl)c3)c2C)c1. The number of ether oxygens (including phenoxy) is 1. The fourth-order valence-corrected chi connectivity index (χ4v) is 5.66. The molecule has 4 aromatic rings. The number of hydrogen-bond donors (Lipinski definition) is 1. The molecule has 2 atom stereocenters. The Hall–Kier alpha value is -3.35. The number of benzene rings is 2. The monoisotopic (exact) mass is 502 g/mol. The van der Waals surface area contributed by atoms with Crippen molar-refractivity contribution in [2.75, 3.05) is 12.0 Å². The normalized spacial score (nSPS) is 17.5. The summed E-state index contributed by atoms with van der Waals surface area (Å²) < 4.78 is 7.80. The second kappa shape index (κ2) is 9.36. The number of nitrogens with one attached hydrogen (secondary N) is 1. The topological polar surface area (TPSA) is 42.3 Å². The Morgan fingerprint density at radius 1 is 0.943 bits per heavy atom. The molecule has 0 aliphatic carbocycles. The van der Waals surface area contributed by atoms with Gasteiger partial charge in [-0.05, 0) is 81.0 Å². The molecule has 5 rings (SSSR count). The lowest BCUT2D eigenvalue weighted by Gasteiger charge is -2.29. The third kappa shape index (κ3) is 4.07. The first-order chi connectivity index (χ1) is 16.9. The quantitative estimate of drug-likeness (QED) is 0.310. The molecule has 3 heterocycles. The number of aromatic nitrogens is 2. The van der Waals surface area contributed by atoms with E-state index in [0.717, 1.165) is 28.5 Å². The molecule has 178 valence electrons. The highest BCUT2D eigenvalue weighted by molar-refractivity contribution is 7.80. The van der Waals surface area contributed by atoms with Gasteiger partial charge in [0.2, 0.25) is 0 Å². The van der Waals surface area contributed by atoms with E-state index in [1.165, 1.54) is 16.8 Å². The molecule has 0 bridgehead atoms. The Bertz CT molecular complexity index is 1400. The van der Waals surface area contributed by atoms with Gasteiger partial charge in [-0.3, -0.25) is 4.98 Å². The predicted octanol–water partition coefficient (Wildman–Crippen LogP) is 6.64. The summed E-state index contributed by atoms with van der Waals surface area (Å²) in [7, 11) is 1.68. The molecular formula is C28H27ClN4OS. The van der Waals surface area contributed by atoms with Gasteiger partial charge in [-0.15, -0.1) is 0 Å². The second-order valence-corrected chi connectivity index (χ2v) is 9.55. The molecule has 0 unspecified atom stereocenters. The van der Waals surface area contributed by atoms with Gasteiger partial charge in [-0.1, -0.05) is 29.8 Å². The van der Waals surface area contributed by atoms with Crippen LogP contribution in [0.3, 0.4) is 0 Å². The molecule has 1 saturated heterocycles. The summed E-state index contributed by atoms with van der Waals surface area (Å²) in [5.74, 6) is 0.784. The van der Waals surface area contributed by atoms with E-state index < -0.39 is 0 Å². The molecule has 35 heavy (non-hydrogen) atoms. The summed E-state index contributed by atoms with van der Waals surface area (Å²) in [5.41, 5.74) is 7.70. The highest BCUT2D eigenvalue weighted by atomic mass is 35.5. The second-order valence-electron chi connectivity index (χ2n) is 8.72. The number of methoxy groups -OCH3 is 1. The van der Waals surface area contributed by atoms with E-state index in [1.54, 1.807) is 7.11 Å². The van der Waals surface area contributed by atoms with Gasteiger partial charge in [0.1, 0.15) is 5.75 Å². The lowest BCUT2D eigenvalue weighted by atomic mass is 9.93. The molecule has 2 aromatic carbocycles. The highest BCUT2D eigenvalue weighted by Gasteiger charge is 2.43. The van der Waals surface area contributed by atoms with E-state index in [0.29, 0.717) is 10.1 Å². The van der Waals surface area contributed by atoms with Crippen molar-refractivity contribution in [1.29, 1.82) is 0 Å². The molecular weight excluding hydrogens is 476 g/mol. The van der Waals surface area contributed by atoms with Crippen LogP contribution in [0.15, 0.2) is 72.9 Å². The average Bonchev–Trinajstić information content (AvgIpc) is 3.31. The summed E-state index contributed by atoms with van der Waals surface area (Å²) >= 11 is 12.3. The molecule has 5 nitrogen and oxygen atoms in total. The van der Waals surface area contributed by atoms with Gasteiger partial charge in [0.05, 0.1) is 24.9 Å². The molecule has 1 fully saturated rings. The van der Waals surface area contributed by atoms with Crippen molar-refractivity contribution in [3.63, 3.8) is 0 Å². The van der Waals surface area contributed by atoms with Crippen molar-refractivity contribution >= 4 is 34.6 Å². The van der Waals surface area contributed by atoms with Gasteiger partial charge < -0.3 is 19.5 Å². The van der Waals surface area contributed by atoms with Crippen LogP contribution in [0.5, 0.6) is 5.75 Å². The van der Waals surface area contributed by atoms with Crippen molar-refractivity contribution in [3.05, 3.63) is 106 Å². The van der Waals surface area contributed by atoms with Crippen LogP contribution in [0.4, 0.5) is 5.69 Å². The van der Waals surface area contributed by atoms with Gasteiger partial charge in [0.15, 0.2) is 5.11 Å². The number of rotatable bonds is 5. The Morgan fingerprint density at radius 3 is 2.43 bits per heavy atom. The van der Waals surface area contributed by atoms with Gasteiger partial charge >= 0.3 is 0 Å². The zero-order chi connectivity index (χ0) is 24.7. The van der Waals surface area contributed by atoms with Gasteiger partial charge in [-0.25, -0.2) is 0 Å². The number of halogens is 1. The number of pyridine rings is 1. The van der Waals surface area contributed by atoms with E-state index in [1.807, 2.05) is 60.8 Å². The van der Waals surface area contributed by atoms with E-state index in [-0.39, 0.29) is 12.1 Å². The molecule has 0 saturated carbocycles. The van der Waals surface area contributed by atoms with Crippen LogP contribution >= 0.6 is 23.8 Å². The molecule has 0 spiro atoms. The van der Waals surface area contributed by atoms with Crippen molar-refractivity contribution in [3.8, 4) is 11.4 Å². The summed E-state index contributed by atoms with van der Waals surface area (Å²) in [6.07, 6.45) is 1.83. The lowest BCUT2D eigenvalue weighted by Crippen LogP contribution is -2.29. The molecule has 1 aliphatic heterocycles. The van der Waals surface area contributed by atoms with Crippen LogP contribution in [-0.4, -0.2) is 21.8 Å². The van der Waals surface area contributed by atoms with Crippen molar-refractivity contribution < 1.29 is 4.74 Å². The third-order valence-corrected chi connectivity index (χ3v) is 7.35. The minimum Gasteiger partial charge on any atom is -0.497 e. The number of thiocarbonyl (C=S) groups is 1. The standard InChI is InChI=1S/C28H27ClN4OS/c1-17-18(2)32(21-10-7-9-20(29)15-21)19(3)25(17)27-26(24-13-5-6-14-30-24)31-28(35)33(27)22-11-8-12-23(16-22)34-4/h5-16,26-27H,1-4H3,(H,31,35)/t26-,27+/m0/s1. The summed E-state index contributed by atoms with van der Waals surface area (Å²) in [4.78, 5) is 6.88. The molecule has 7 heteroatoms. The fraction of sp³-hybridized carbons (Fsp3) is 0.214. The maximum atomic E-state index is 6.36. The Labute approximate surface area is 216 Å². The average molecular weight is 503 g/mol. The molecule has 0 radical (unpaired) electrons. The van der Waals surface area contributed by atoms with E-state index >= 15 is 0 Å². The third-order valence-electron chi connectivity index (χ3n) is 6.80. The van der Waals surface area contributed by atoms with E-state index in [9.17, 15) is 0 Å². The minimum atomic E-state index is -0.123. The first-order valence-electron chi connectivity index (χ1n) is 11.5. The Balaban J connectivity index is 1.73. The first-order valence-corrected chi connectivity index (χ1v) is 12.3. The summed E-state index contributed by atoms with van der Waals surface area (Å²) in [6.45, 7) is 6.50. The maximum absolute atomic E-state index is 6.36. The van der Waals surface area contributed by atoms with Gasteiger partial charge in [-0.2, -0.15) is 0 Å². The van der Waals surface area contributed by atoms with E-state index in [2.05, 4.69) is 47.7 Å². The molecule has 1 N–H and O–H groups in total. The van der Waals surface area contributed by atoms with Gasteiger partial charge in [0.25, 0.3) is 0 Å².